The molecule has 0 spiro atoms. The molecule has 1 amide bonds. The van der Waals surface area contributed by atoms with Gasteiger partial charge in [0.1, 0.15) is 5.75 Å². The van der Waals surface area contributed by atoms with Crippen molar-refractivity contribution in [3.8, 4) is 5.75 Å². The second kappa shape index (κ2) is 7.84. The van der Waals surface area contributed by atoms with Crippen molar-refractivity contribution in [2.75, 3.05) is 6.61 Å². The molecule has 0 saturated carbocycles. The average Bonchev–Trinajstić information content (AvgIpc) is 2.48. The summed E-state index contributed by atoms with van der Waals surface area (Å²) in [5.41, 5.74) is 3.44. The highest BCUT2D eigenvalue weighted by molar-refractivity contribution is 9.10. The van der Waals surface area contributed by atoms with E-state index in [0.717, 1.165) is 15.6 Å². The van der Waals surface area contributed by atoms with E-state index in [9.17, 15) is 4.79 Å². The lowest BCUT2D eigenvalue weighted by Crippen LogP contribution is -2.31. The lowest BCUT2D eigenvalue weighted by molar-refractivity contribution is -0.123. The van der Waals surface area contributed by atoms with Crippen molar-refractivity contribution in [3.63, 3.8) is 0 Å². The molecule has 0 saturated heterocycles. The monoisotopic (exact) mass is 395 g/mol. The molecule has 5 heteroatoms. The van der Waals surface area contributed by atoms with Gasteiger partial charge in [0.15, 0.2) is 6.61 Å². The number of carbonyl (C=O) groups excluding carboxylic acids is 1. The molecule has 2 aromatic rings. The van der Waals surface area contributed by atoms with Gasteiger partial charge < -0.3 is 10.1 Å². The number of aryl methyl sites for hydroxylation is 2. The normalized spacial score (nSPS) is 11.9. The summed E-state index contributed by atoms with van der Waals surface area (Å²) >= 11 is 9.39. The SMILES string of the molecule is Cc1ccc(C)c([C@H](C)NC(=O)COc2ccc(Br)cc2Cl)c1. The van der Waals surface area contributed by atoms with E-state index in [1.165, 1.54) is 5.56 Å². The van der Waals surface area contributed by atoms with E-state index in [1.54, 1.807) is 12.1 Å². The van der Waals surface area contributed by atoms with Gasteiger partial charge in [0.05, 0.1) is 11.1 Å². The molecular weight excluding hydrogens is 378 g/mol. The summed E-state index contributed by atoms with van der Waals surface area (Å²) < 4.78 is 6.34. The van der Waals surface area contributed by atoms with Crippen LogP contribution in [0.3, 0.4) is 0 Å². The fourth-order valence-corrected chi connectivity index (χ4v) is 3.05. The van der Waals surface area contributed by atoms with E-state index in [-0.39, 0.29) is 18.6 Å². The zero-order valence-electron chi connectivity index (χ0n) is 13.3. The van der Waals surface area contributed by atoms with E-state index in [0.29, 0.717) is 10.8 Å². The maximum absolute atomic E-state index is 12.1. The second-order valence-electron chi connectivity index (χ2n) is 5.51. The van der Waals surface area contributed by atoms with E-state index in [4.69, 9.17) is 16.3 Å². The minimum atomic E-state index is -0.183. The first-order chi connectivity index (χ1) is 10.9. The van der Waals surface area contributed by atoms with Crippen molar-refractivity contribution in [2.45, 2.75) is 26.8 Å². The van der Waals surface area contributed by atoms with Gasteiger partial charge in [-0.25, -0.2) is 0 Å². The van der Waals surface area contributed by atoms with Crippen molar-refractivity contribution in [2.24, 2.45) is 0 Å². The van der Waals surface area contributed by atoms with Gasteiger partial charge in [0.25, 0.3) is 5.91 Å². The minimum Gasteiger partial charge on any atom is -0.482 e. The van der Waals surface area contributed by atoms with E-state index in [2.05, 4.69) is 39.4 Å². The van der Waals surface area contributed by atoms with Gasteiger partial charge >= 0.3 is 0 Å². The highest BCUT2D eigenvalue weighted by Gasteiger charge is 2.13. The second-order valence-corrected chi connectivity index (χ2v) is 6.84. The van der Waals surface area contributed by atoms with Crippen LogP contribution >= 0.6 is 27.5 Å². The van der Waals surface area contributed by atoms with Crippen LogP contribution in [-0.2, 0) is 4.79 Å². The Kier molecular flexibility index (Phi) is 6.08. The number of benzene rings is 2. The quantitative estimate of drug-likeness (QED) is 0.774. The Morgan fingerprint density at radius 2 is 2.00 bits per heavy atom. The predicted molar refractivity (Wildman–Crippen MR) is 97.1 cm³/mol. The van der Waals surface area contributed by atoms with E-state index >= 15 is 0 Å². The third kappa shape index (κ3) is 4.98. The number of ether oxygens (including phenoxy) is 1. The molecule has 0 aliphatic heterocycles. The Labute approximate surface area is 150 Å². The topological polar surface area (TPSA) is 38.3 Å². The number of amides is 1. The molecule has 3 nitrogen and oxygen atoms in total. The van der Waals surface area contributed by atoms with Crippen LogP contribution in [0.25, 0.3) is 0 Å². The maximum Gasteiger partial charge on any atom is 0.258 e. The average molecular weight is 397 g/mol. The fraction of sp³-hybridized carbons (Fsp3) is 0.278. The number of nitrogens with one attached hydrogen (secondary N) is 1. The zero-order valence-corrected chi connectivity index (χ0v) is 15.7. The highest BCUT2D eigenvalue weighted by atomic mass is 79.9. The summed E-state index contributed by atoms with van der Waals surface area (Å²) in [7, 11) is 0. The summed E-state index contributed by atoms with van der Waals surface area (Å²) in [5, 5.41) is 3.42. The van der Waals surface area contributed by atoms with Crippen LogP contribution in [0.2, 0.25) is 5.02 Å². The molecule has 0 bridgehead atoms. The van der Waals surface area contributed by atoms with Crippen LogP contribution in [0.15, 0.2) is 40.9 Å². The molecule has 0 aromatic heterocycles. The summed E-state index contributed by atoms with van der Waals surface area (Å²) in [5.74, 6) is 0.307. The summed E-state index contributed by atoms with van der Waals surface area (Å²) in [6, 6.07) is 11.4. The Hall–Kier alpha value is -1.52. The Balaban J connectivity index is 1.95. The van der Waals surface area contributed by atoms with Crippen molar-refractivity contribution < 1.29 is 9.53 Å². The van der Waals surface area contributed by atoms with Crippen LogP contribution in [0.1, 0.15) is 29.7 Å². The first-order valence-electron chi connectivity index (χ1n) is 7.31. The number of hydrogen-bond donors (Lipinski definition) is 1. The van der Waals surface area contributed by atoms with Crippen molar-refractivity contribution >= 4 is 33.4 Å². The predicted octanol–water partition coefficient (Wildman–Crippen LogP) is 4.98. The third-order valence-corrected chi connectivity index (χ3v) is 4.32. The van der Waals surface area contributed by atoms with Gasteiger partial charge in [-0.05, 0) is 50.1 Å². The Morgan fingerprint density at radius 1 is 1.26 bits per heavy atom. The fourth-order valence-electron chi connectivity index (χ4n) is 2.32. The molecule has 2 rings (SSSR count). The molecule has 0 fully saturated rings. The molecule has 0 aliphatic carbocycles. The molecule has 0 radical (unpaired) electrons. The molecule has 2 aromatic carbocycles. The summed E-state index contributed by atoms with van der Waals surface area (Å²) in [6.07, 6.45) is 0. The zero-order chi connectivity index (χ0) is 17.0. The number of halogens is 2. The summed E-state index contributed by atoms with van der Waals surface area (Å²) in [4.78, 5) is 12.1. The molecule has 1 N–H and O–H groups in total. The highest BCUT2D eigenvalue weighted by Crippen LogP contribution is 2.27. The maximum atomic E-state index is 12.1. The first kappa shape index (κ1) is 17.8. The van der Waals surface area contributed by atoms with Crippen LogP contribution in [0.4, 0.5) is 0 Å². The number of rotatable bonds is 5. The molecule has 0 unspecified atom stereocenters. The molecular formula is C18H19BrClNO2. The molecule has 122 valence electrons. The minimum absolute atomic E-state index is 0.0729. The smallest absolute Gasteiger partial charge is 0.258 e. The Morgan fingerprint density at radius 3 is 2.70 bits per heavy atom. The molecule has 23 heavy (non-hydrogen) atoms. The first-order valence-corrected chi connectivity index (χ1v) is 8.48. The van der Waals surface area contributed by atoms with E-state index in [1.807, 2.05) is 26.8 Å². The summed E-state index contributed by atoms with van der Waals surface area (Å²) in [6.45, 7) is 5.97. The van der Waals surface area contributed by atoms with Gasteiger partial charge in [-0.3, -0.25) is 4.79 Å². The number of carbonyl (C=O) groups is 1. The van der Waals surface area contributed by atoms with Crippen molar-refractivity contribution in [1.82, 2.24) is 5.32 Å². The lowest BCUT2D eigenvalue weighted by atomic mass is 10.00. The largest absolute Gasteiger partial charge is 0.482 e. The van der Waals surface area contributed by atoms with Crippen LogP contribution in [0.5, 0.6) is 5.75 Å². The van der Waals surface area contributed by atoms with Gasteiger partial charge in [-0.15, -0.1) is 0 Å². The lowest BCUT2D eigenvalue weighted by Gasteiger charge is -2.17. The van der Waals surface area contributed by atoms with Gasteiger partial charge in [0, 0.05) is 4.47 Å². The van der Waals surface area contributed by atoms with Gasteiger partial charge in [-0.2, -0.15) is 0 Å². The number of hydrogen-bond acceptors (Lipinski definition) is 2. The van der Waals surface area contributed by atoms with E-state index < -0.39 is 0 Å². The van der Waals surface area contributed by atoms with Gasteiger partial charge in [-0.1, -0.05) is 51.3 Å². The Bertz CT molecular complexity index is 718. The van der Waals surface area contributed by atoms with Crippen LogP contribution in [-0.4, -0.2) is 12.5 Å². The molecule has 1 atom stereocenters. The third-order valence-electron chi connectivity index (χ3n) is 3.53. The van der Waals surface area contributed by atoms with Crippen molar-refractivity contribution in [1.29, 1.82) is 0 Å². The van der Waals surface area contributed by atoms with Gasteiger partial charge in [0.2, 0.25) is 0 Å². The molecule has 0 heterocycles. The van der Waals surface area contributed by atoms with Crippen LogP contribution < -0.4 is 10.1 Å². The standard InChI is InChI=1S/C18H19BrClNO2/c1-11-4-5-12(2)15(8-11)13(3)21-18(22)10-23-17-7-6-14(19)9-16(17)20/h4-9,13H,10H2,1-3H3,(H,21,22)/t13-/m0/s1. The van der Waals surface area contributed by atoms with Crippen molar-refractivity contribution in [3.05, 3.63) is 62.6 Å². The molecule has 0 aliphatic rings. The van der Waals surface area contributed by atoms with Crippen LogP contribution in [0, 0.1) is 13.8 Å².